The van der Waals surface area contributed by atoms with Gasteiger partial charge in [0.25, 0.3) is 0 Å². The summed E-state index contributed by atoms with van der Waals surface area (Å²) in [6.45, 7) is 4.34. The van der Waals surface area contributed by atoms with Crippen LogP contribution < -0.4 is 5.73 Å². The first-order chi connectivity index (χ1) is 9.20. The molecule has 1 aliphatic heterocycles. The molecule has 2 aliphatic rings. The predicted octanol–water partition coefficient (Wildman–Crippen LogP) is 2.87. The van der Waals surface area contributed by atoms with E-state index in [-0.39, 0.29) is 5.82 Å². The lowest BCUT2D eigenvalue weighted by atomic mass is 9.89. The van der Waals surface area contributed by atoms with E-state index in [1.165, 1.54) is 5.56 Å². The summed E-state index contributed by atoms with van der Waals surface area (Å²) in [5, 5.41) is 0. The van der Waals surface area contributed by atoms with Crippen molar-refractivity contribution in [1.29, 1.82) is 0 Å². The SMILES string of the molecule is CCC1CN(C2CCc3c(F)cccc32)CCC1N. The van der Waals surface area contributed by atoms with E-state index in [0.29, 0.717) is 18.0 Å². The van der Waals surface area contributed by atoms with Gasteiger partial charge in [-0.2, -0.15) is 0 Å². The molecule has 3 rings (SSSR count). The molecule has 3 unspecified atom stereocenters. The number of nitrogens with zero attached hydrogens (tertiary/aromatic N) is 1. The quantitative estimate of drug-likeness (QED) is 0.888. The minimum atomic E-state index is -0.0271. The van der Waals surface area contributed by atoms with Crippen LogP contribution in [0, 0.1) is 11.7 Å². The number of hydrogen-bond acceptors (Lipinski definition) is 2. The standard InChI is InChI=1S/C16H23FN2/c1-2-11-10-19(9-8-15(11)18)16-7-6-12-13(16)4-3-5-14(12)17/h3-5,11,15-16H,2,6-10,18H2,1H3. The van der Waals surface area contributed by atoms with Crippen molar-refractivity contribution in [3.8, 4) is 0 Å². The maximum Gasteiger partial charge on any atom is 0.126 e. The summed E-state index contributed by atoms with van der Waals surface area (Å²) in [4.78, 5) is 2.53. The fourth-order valence-electron chi connectivity index (χ4n) is 3.76. The molecule has 104 valence electrons. The van der Waals surface area contributed by atoms with Crippen LogP contribution in [0.25, 0.3) is 0 Å². The summed E-state index contributed by atoms with van der Waals surface area (Å²) >= 11 is 0. The van der Waals surface area contributed by atoms with Crippen molar-refractivity contribution in [3.63, 3.8) is 0 Å². The second kappa shape index (κ2) is 5.22. The van der Waals surface area contributed by atoms with E-state index in [0.717, 1.165) is 44.3 Å². The van der Waals surface area contributed by atoms with Gasteiger partial charge in [0, 0.05) is 25.2 Å². The molecule has 1 aromatic rings. The Bertz CT molecular complexity index is 460. The van der Waals surface area contributed by atoms with Crippen molar-refractivity contribution in [2.75, 3.05) is 13.1 Å². The Morgan fingerprint density at radius 3 is 3.00 bits per heavy atom. The number of fused-ring (bicyclic) bond motifs is 1. The van der Waals surface area contributed by atoms with Gasteiger partial charge >= 0.3 is 0 Å². The Kier molecular flexibility index (Phi) is 3.59. The van der Waals surface area contributed by atoms with Crippen molar-refractivity contribution in [3.05, 3.63) is 35.1 Å². The van der Waals surface area contributed by atoms with E-state index in [4.69, 9.17) is 5.73 Å². The van der Waals surface area contributed by atoms with Crippen LogP contribution in [0.1, 0.15) is 43.4 Å². The molecule has 1 fully saturated rings. The van der Waals surface area contributed by atoms with E-state index in [1.54, 1.807) is 6.07 Å². The first kappa shape index (κ1) is 13.1. The van der Waals surface area contributed by atoms with Crippen LogP contribution in [0.3, 0.4) is 0 Å². The normalized spacial score (nSPS) is 31.4. The van der Waals surface area contributed by atoms with Gasteiger partial charge in [-0.25, -0.2) is 4.39 Å². The van der Waals surface area contributed by atoms with Crippen molar-refractivity contribution in [2.24, 2.45) is 11.7 Å². The number of likely N-dealkylation sites (tertiary alicyclic amines) is 1. The molecule has 0 spiro atoms. The molecule has 0 radical (unpaired) electrons. The van der Waals surface area contributed by atoms with E-state index in [9.17, 15) is 4.39 Å². The molecule has 0 amide bonds. The zero-order valence-corrected chi connectivity index (χ0v) is 11.6. The molecule has 2 nitrogen and oxygen atoms in total. The number of halogens is 1. The van der Waals surface area contributed by atoms with Gasteiger partial charge in [0.2, 0.25) is 0 Å². The first-order valence-corrected chi connectivity index (χ1v) is 7.47. The van der Waals surface area contributed by atoms with E-state index < -0.39 is 0 Å². The molecule has 3 atom stereocenters. The first-order valence-electron chi connectivity index (χ1n) is 7.47. The number of piperidine rings is 1. The molecule has 0 saturated carbocycles. The summed E-state index contributed by atoms with van der Waals surface area (Å²) in [6, 6.07) is 6.29. The monoisotopic (exact) mass is 262 g/mol. The van der Waals surface area contributed by atoms with Gasteiger partial charge < -0.3 is 5.73 Å². The maximum absolute atomic E-state index is 13.8. The van der Waals surface area contributed by atoms with Crippen LogP contribution in [0.4, 0.5) is 4.39 Å². The Labute approximate surface area is 114 Å². The molecule has 1 saturated heterocycles. The van der Waals surface area contributed by atoms with Gasteiger partial charge in [-0.1, -0.05) is 25.5 Å². The highest BCUT2D eigenvalue weighted by molar-refractivity contribution is 5.35. The van der Waals surface area contributed by atoms with Gasteiger partial charge in [0.15, 0.2) is 0 Å². The van der Waals surface area contributed by atoms with Crippen molar-refractivity contribution in [2.45, 2.75) is 44.7 Å². The second-order valence-electron chi connectivity index (χ2n) is 5.98. The smallest absolute Gasteiger partial charge is 0.126 e. The Hall–Kier alpha value is -0.930. The number of hydrogen-bond donors (Lipinski definition) is 1. The van der Waals surface area contributed by atoms with Gasteiger partial charge in [-0.05, 0) is 42.4 Å². The van der Waals surface area contributed by atoms with Gasteiger partial charge in [-0.3, -0.25) is 4.90 Å². The molecule has 1 heterocycles. The van der Waals surface area contributed by atoms with Crippen LogP contribution in [0.2, 0.25) is 0 Å². The lowest BCUT2D eigenvalue weighted by Gasteiger charge is -2.40. The lowest BCUT2D eigenvalue weighted by molar-refractivity contribution is 0.106. The highest BCUT2D eigenvalue weighted by Crippen LogP contribution is 2.38. The Balaban J connectivity index is 1.80. The molecule has 1 aromatic carbocycles. The summed E-state index contributed by atoms with van der Waals surface area (Å²) < 4.78 is 13.8. The van der Waals surface area contributed by atoms with Crippen LogP contribution >= 0.6 is 0 Å². The maximum atomic E-state index is 13.8. The average molecular weight is 262 g/mol. The second-order valence-corrected chi connectivity index (χ2v) is 5.98. The molecule has 1 aliphatic carbocycles. The minimum Gasteiger partial charge on any atom is -0.327 e. The molecule has 2 N–H and O–H groups in total. The Morgan fingerprint density at radius 1 is 1.37 bits per heavy atom. The third-order valence-electron chi connectivity index (χ3n) is 4.97. The van der Waals surface area contributed by atoms with Gasteiger partial charge in [0.05, 0.1) is 0 Å². The third-order valence-corrected chi connectivity index (χ3v) is 4.97. The van der Waals surface area contributed by atoms with E-state index in [1.807, 2.05) is 6.07 Å². The molecule has 0 aromatic heterocycles. The number of benzene rings is 1. The summed E-state index contributed by atoms with van der Waals surface area (Å²) in [7, 11) is 0. The van der Waals surface area contributed by atoms with Crippen LogP contribution in [0.5, 0.6) is 0 Å². The molecule has 0 bridgehead atoms. The van der Waals surface area contributed by atoms with Crippen molar-refractivity contribution >= 4 is 0 Å². The van der Waals surface area contributed by atoms with E-state index >= 15 is 0 Å². The largest absolute Gasteiger partial charge is 0.327 e. The minimum absolute atomic E-state index is 0.0271. The van der Waals surface area contributed by atoms with Crippen LogP contribution in [-0.2, 0) is 6.42 Å². The predicted molar refractivity (Wildman–Crippen MR) is 75.4 cm³/mol. The molecular formula is C16H23FN2. The summed E-state index contributed by atoms with van der Waals surface area (Å²) in [6.07, 6.45) is 4.15. The summed E-state index contributed by atoms with van der Waals surface area (Å²) in [5.74, 6) is 0.562. The van der Waals surface area contributed by atoms with Gasteiger partial charge in [0.1, 0.15) is 5.82 Å². The number of rotatable bonds is 2. The third kappa shape index (κ3) is 2.30. The molecular weight excluding hydrogens is 239 g/mol. The lowest BCUT2D eigenvalue weighted by Crippen LogP contribution is -2.47. The topological polar surface area (TPSA) is 29.3 Å². The molecule has 3 heteroatoms. The summed E-state index contributed by atoms with van der Waals surface area (Å²) in [5.41, 5.74) is 8.34. The highest BCUT2D eigenvalue weighted by atomic mass is 19.1. The zero-order valence-electron chi connectivity index (χ0n) is 11.6. The van der Waals surface area contributed by atoms with Crippen molar-refractivity contribution in [1.82, 2.24) is 4.90 Å². The Morgan fingerprint density at radius 2 is 2.21 bits per heavy atom. The van der Waals surface area contributed by atoms with Crippen molar-refractivity contribution < 1.29 is 4.39 Å². The highest BCUT2D eigenvalue weighted by Gasteiger charge is 2.34. The fraction of sp³-hybridized carbons (Fsp3) is 0.625. The zero-order chi connectivity index (χ0) is 13.4. The van der Waals surface area contributed by atoms with Gasteiger partial charge in [-0.15, -0.1) is 0 Å². The van der Waals surface area contributed by atoms with Crippen LogP contribution in [0.15, 0.2) is 18.2 Å². The van der Waals surface area contributed by atoms with Crippen LogP contribution in [-0.4, -0.2) is 24.0 Å². The average Bonchev–Trinajstić information content (AvgIpc) is 2.85. The molecule has 19 heavy (non-hydrogen) atoms. The fourth-order valence-corrected chi connectivity index (χ4v) is 3.76. The van der Waals surface area contributed by atoms with E-state index in [2.05, 4.69) is 17.9 Å². The number of nitrogens with two attached hydrogens (primary N) is 1.